The van der Waals surface area contributed by atoms with Crippen LogP contribution in [0.15, 0.2) is 0 Å². The number of rotatable bonds is 10. The highest BCUT2D eigenvalue weighted by atomic mass is 16.5. The quantitative estimate of drug-likeness (QED) is 0.567. The Labute approximate surface area is 100 Å². The van der Waals surface area contributed by atoms with Crippen molar-refractivity contribution in [2.75, 3.05) is 19.8 Å². The van der Waals surface area contributed by atoms with E-state index in [1.54, 1.807) is 0 Å². The van der Waals surface area contributed by atoms with Gasteiger partial charge < -0.3 is 15.6 Å². The maximum Gasteiger partial charge on any atom is 0.0608 e. The van der Waals surface area contributed by atoms with Crippen molar-refractivity contribution in [2.45, 2.75) is 58.4 Å². The van der Waals surface area contributed by atoms with Crippen LogP contribution in [0.2, 0.25) is 0 Å². The van der Waals surface area contributed by atoms with Crippen LogP contribution in [0.25, 0.3) is 0 Å². The maximum atomic E-state index is 8.97. The molecule has 2 atom stereocenters. The Hall–Kier alpha value is -0.120. The lowest BCUT2D eigenvalue weighted by atomic mass is 9.97. The van der Waals surface area contributed by atoms with E-state index in [9.17, 15) is 0 Å². The van der Waals surface area contributed by atoms with Gasteiger partial charge in [-0.2, -0.15) is 0 Å². The van der Waals surface area contributed by atoms with E-state index >= 15 is 0 Å². The van der Waals surface area contributed by atoms with Crippen LogP contribution in [0.3, 0.4) is 0 Å². The van der Waals surface area contributed by atoms with Crippen LogP contribution in [-0.2, 0) is 4.74 Å². The van der Waals surface area contributed by atoms with Crippen molar-refractivity contribution < 1.29 is 9.84 Å². The lowest BCUT2D eigenvalue weighted by molar-refractivity contribution is 0.0961. The number of aliphatic hydroxyl groups excluding tert-OH is 1. The predicted molar refractivity (Wildman–Crippen MR) is 68.4 cm³/mol. The van der Waals surface area contributed by atoms with Crippen molar-refractivity contribution in [3.05, 3.63) is 0 Å². The van der Waals surface area contributed by atoms with Crippen LogP contribution in [0, 0.1) is 5.92 Å². The van der Waals surface area contributed by atoms with Gasteiger partial charge in [-0.15, -0.1) is 0 Å². The minimum Gasteiger partial charge on any atom is -0.394 e. The van der Waals surface area contributed by atoms with Crippen LogP contribution in [0.1, 0.15) is 52.9 Å². The van der Waals surface area contributed by atoms with Crippen molar-refractivity contribution >= 4 is 0 Å². The molecule has 0 aliphatic rings. The summed E-state index contributed by atoms with van der Waals surface area (Å²) in [5.41, 5.74) is 5.41. The smallest absolute Gasteiger partial charge is 0.0608 e. The summed E-state index contributed by atoms with van der Waals surface area (Å²) in [6.07, 6.45) is 5.39. The highest BCUT2D eigenvalue weighted by molar-refractivity contribution is 4.76. The molecule has 0 rings (SSSR count). The second-order valence-corrected chi connectivity index (χ2v) is 5.24. The minimum atomic E-state index is -0.421. The van der Waals surface area contributed by atoms with E-state index in [-0.39, 0.29) is 6.61 Å². The van der Waals surface area contributed by atoms with Gasteiger partial charge in [0.15, 0.2) is 0 Å². The Kier molecular flexibility index (Phi) is 8.90. The van der Waals surface area contributed by atoms with Gasteiger partial charge in [0.2, 0.25) is 0 Å². The van der Waals surface area contributed by atoms with Crippen LogP contribution in [0.4, 0.5) is 0 Å². The fourth-order valence-electron chi connectivity index (χ4n) is 1.67. The molecule has 0 saturated heterocycles. The molecule has 0 aromatic rings. The van der Waals surface area contributed by atoms with Gasteiger partial charge in [0.25, 0.3) is 0 Å². The van der Waals surface area contributed by atoms with Gasteiger partial charge >= 0.3 is 0 Å². The Balaban J connectivity index is 3.28. The van der Waals surface area contributed by atoms with E-state index in [2.05, 4.69) is 13.8 Å². The Bertz CT molecular complexity index is 160. The first kappa shape index (κ1) is 15.9. The van der Waals surface area contributed by atoms with Gasteiger partial charge in [-0.3, -0.25) is 0 Å². The van der Waals surface area contributed by atoms with Crippen LogP contribution < -0.4 is 5.73 Å². The molecule has 2 unspecified atom stereocenters. The molecule has 0 radical (unpaired) electrons. The monoisotopic (exact) mass is 231 g/mol. The molecule has 3 heteroatoms. The summed E-state index contributed by atoms with van der Waals surface area (Å²) in [5, 5.41) is 8.97. The third-order valence-corrected chi connectivity index (χ3v) is 2.83. The van der Waals surface area contributed by atoms with Gasteiger partial charge in [-0.1, -0.05) is 20.3 Å². The lowest BCUT2D eigenvalue weighted by Gasteiger charge is -2.21. The molecule has 0 amide bonds. The molecule has 0 bridgehead atoms. The van der Waals surface area contributed by atoms with E-state index < -0.39 is 5.54 Å². The zero-order chi connectivity index (χ0) is 12.4. The van der Waals surface area contributed by atoms with Crippen LogP contribution >= 0.6 is 0 Å². The molecule has 0 aliphatic heterocycles. The van der Waals surface area contributed by atoms with Gasteiger partial charge in [0, 0.05) is 18.8 Å². The number of hydrogen-bond acceptors (Lipinski definition) is 3. The van der Waals surface area contributed by atoms with Crippen LogP contribution in [-0.4, -0.2) is 30.5 Å². The third-order valence-electron chi connectivity index (χ3n) is 2.83. The molecule has 0 spiro atoms. The first-order valence-electron chi connectivity index (χ1n) is 6.49. The largest absolute Gasteiger partial charge is 0.394 e. The van der Waals surface area contributed by atoms with Gasteiger partial charge in [-0.25, -0.2) is 0 Å². The molecule has 3 nitrogen and oxygen atoms in total. The Morgan fingerprint density at radius 2 is 2.06 bits per heavy atom. The zero-order valence-corrected chi connectivity index (χ0v) is 11.2. The molecule has 98 valence electrons. The normalized spacial score (nSPS) is 17.1. The van der Waals surface area contributed by atoms with E-state index in [1.807, 2.05) is 6.92 Å². The van der Waals surface area contributed by atoms with Crippen molar-refractivity contribution in [3.8, 4) is 0 Å². The second-order valence-electron chi connectivity index (χ2n) is 5.24. The topological polar surface area (TPSA) is 55.5 Å². The number of unbranched alkanes of at least 4 members (excludes halogenated alkanes) is 1. The molecule has 0 aromatic heterocycles. The molecule has 0 heterocycles. The molecule has 0 aliphatic carbocycles. The van der Waals surface area contributed by atoms with Gasteiger partial charge in [-0.05, 0) is 38.5 Å². The summed E-state index contributed by atoms with van der Waals surface area (Å²) in [6.45, 7) is 8.06. The first-order valence-corrected chi connectivity index (χ1v) is 6.49. The van der Waals surface area contributed by atoms with Gasteiger partial charge in [0.05, 0.1) is 6.61 Å². The summed E-state index contributed by atoms with van der Waals surface area (Å²) in [7, 11) is 0. The lowest BCUT2D eigenvalue weighted by Crippen LogP contribution is -2.39. The van der Waals surface area contributed by atoms with Crippen molar-refractivity contribution in [1.82, 2.24) is 0 Å². The standard InChI is InChI=1S/C13H29NO2/c1-4-7-12(2)10-16-9-6-5-8-13(3,14)11-15/h12,15H,4-11,14H2,1-3H3. The molecule has 3 N–H and O–H groups in total. The molecular formula is C13H29NO2. The fraction of sp³-hybridized carbons (Fsp3) is 1.00. The van der Waals surface area contributed by atoms with E-state index in [0.29, 0.717) is 5.92 Å². The summed E-state index contributed by atoms with van der Waals surface area (Å²) in [6, 6.07) is 0. The molecule has 0 fully saturated rings. The highest BCUT2D eigenvalue weighted by Crippen LogP contribution is 2.10. The average molecular weight is 231 g/mol. The zero-order valence-electron chi connectivity index (χ0n) is 11.2. The fourth-order valence-corrected chi connectivity index (χ4v) is 1.67. The second kappa shape index (κ2) is 8.97. The highest BCUT2D eigenvalue weighted by Gasteiger charge is 2.15. The summed E-state index contributed by atoms with van der Waals surface area (Å²) in [5.74, 6) is 0.669. The minimum absolute atomic E-state index is 0.0569. The van der Waals surface area contributed by atoms with Crippen molar-refractivity contribution in [3.63, 3.8) is 0 Å². The third kappa shape index (κ3) is 9.13. The number of ether oxygens (including phenoxy) is 1. The van der Waals surface area contributed by atoms with Gasteiger partial charge in [0.1, 0.15) is 0 Å². The average Bonchev–Trinajstić information content (AvgIpc) is 2.23. The van der Waals surface area contributed by atoms with E-state index in [1.165, 1.54) is 12.8 Å². The summed E-state index contributed by atoms with van der Waals surface area (Å²) in [4.78, 5) is 0. The Morgan fingerprint density at radius 3 is 2.62 bits per heavy atom. The number of nitrogens with two attached hydrogens (primary N) is 1. The van der Waals surface area contributed by atoms with E-state index in [4.69, 9.17) is 15.6 Å². The summed E-state index contributed by atoms with van der Waals surface area (Å²) < 4.78 is 5.59. The number of aliphatic hydroxyl groups is 1. The van der Waals surface area contributed by atoms with E-state index in [0.717, 1.165) is 32.5 Å². The maximum absolute atomic E-state index is 8.97. The van der Waals surface area contributed by atoms with Crippen LogP contribution in [0.5, 0.6) is 0 Å². The predicted octanol–water partition coefficient (Wildman–Crippen LogP) is 2.32. The van der Waals surface area contributed by atoms with Crippen molar-refractivity contribution in [1.29, 1.82) is 0 Å². The molecule has 0 aromatic carbocycles. The first-order chi connectivity index (χ1) is 7.52. The molecular weight excluding hydrogens is 202 g/mol. The molecule has 0 saturated carbocycles. The van der Waals surface area contributed by atoms with Crippen molar-refractivity contribution in [2.24, 2.45) is 11.7 Å². The summed E-state index contributed by atoms with van der Waals surface area (Å²) >= 11 is 0. The Morgan fingerprint density at radius 1 is 1.38 bits per heavy atom. The number of hydrogen-bond donors (Lipinski definition) is 2. The SMILES string of the molecule is CCCC(C)COCCCCC(C)(N)CO. The molecule has 16 heavy (non-hydrogen) atoms.